The maximum Gasteiger partial charge on any atom is 0.191 e. The molecule has 3 rings (SSSR count). The molecule has 9 heteroatoms. The highest BCUT2D eigenvalue weighted by molar-refractivity contribution is 5.79. The minimum atomic E-state index is -1.18. The van der Waals surface area contributed by atoms with Gasteiger partial charge in [-0.15, -0.1) is 10.2 Å². The third-order valence-electron chi connectivity index (χ3n) is 5.08. The second-order valence-electron chi connectivity index (χ2n) is 7.52. The molecular weight excluding hydrogens is 396 g/mol. The highest BCUT2D eigenvalue weighted by atomic mass is 16.5. The second kappa shape index (κ2) is 10.1. The third kappa shape index (κ3) is 6.08. The first-order valence-electron chi connectivity index (χ1n) is 10.2. The summed E-state index contributed by atoms with van der Waals surface area (Å²) in [5, 5.41) is 25.5. The van der Waals surface area contributed by atoms with Crippen LogP contribution >= 0.6 is 0 Å². The number of aliphatic imine (C=N–C) groups is 1. The molecule has 2 heterocycles. The predicted octanol–water partition coefficient (Wildman–Crippen LogP) is 1.91. The second-order valence-corrected chi connectivity index (χ2v) is 7.52. The monoisotopic (exact) mass is 426 g/mol. The van der Waals surface area contributed by atoms with Crippen molar-refractivity contribution in [3.8, 4) is 5.75 Å². The number of ether oxygens (including phenoxy) is 1. The van der Waals surface area contributed by atoms with Crippen LogP contribution in [0.1, 0.15) is 29.9 Å². The maximum atomic E-state index is 10.7. The lowest BCUT2D eigenvalue weighted by molar-refractivity contribution is 0.0386. The van der Waals surface area contributed by atoms with E-state index in [1.165, 1.54) is 5.56 Å². The zero-order valence-corrected chi connectivity index (χ0v) is 18.4. The summed E-state index contributed by atoms with van der Waals surface area (Å²) in [6.07, 6.45) is 2.35. The van der Waals surface area contributed by atoms with Crippen LogP contribution in [0.15, 0.2) is 52.1 Å². The first-order chi connectivity index (χ1) is 14.9. The van der Waals surface area contributed by atoms with E-state index in [0.717, 1.165) is 23.8 Å². The number of hydrogen-bond acceptors (Lipinski definition) is 6. The van der Waals surface area contributed by atoms with E-state index < -0.39 is 5.60 Å². The van der Waals surface area contributed by atoms with E-state index in [1.807, 2.05) is 42.8 Å². The fraction of sp³-hybridized carbons (Fsp3) is 0.409. The molecule has 31 heavy (non-hydrogen) atoms. The summed E-state index contributed by atoms with van der Waals surface area (Å²) in [4.78, 5) is 4.62. The molecule has 3 N–H and O–H groups in total. The molecule has 0 saturated heterocycles. The van der Waals surface area contributed by atoms with Gasteiger partial charge in [0.15, 0.2) is 11.8 Å². The van der Waals surface area contributed by atoms with E-state index >= 15 is 0 Å². The summed E-state index contributed by atoms with van der Waals surface area (Å²) in [6, 6.07) is 11.5. The van der Waals surface area contributed by atoms with Crippen molar-refractivity contribution in [2.24, 2.45) is 12.0 Å². The first kappa shape index (κ1) is 22.4. The van der Waals surface area contributed by atoms with Gasteiger partial charge in [-0.2, -0.15) is 0 Å². The van der Waals surface area contributed by atoms with Gasteiger partial charge in [-0.1, -0.05) is 12.1 Å². The summed E-state index contributed by atoms with van der Waals surface area (Å²) in [7, 11) is 3.56. The standard InChI is InChI=1S/C22H30N6O3/c1-16-26-27-20(28(16)3)14-24-21(25-15-22(2,29)19-6-5-13-31-19)23-12-11-17-7-9-18(30-4)10-8-17/h5-10,13,29H,11-12,14-15H2,1-4H3,(H2,23,24,25). The molecular formula is C22H30N6O3. The number of rotatable bonds is 9. The molecule has 0 aliphatic carbocycles. The molecule has 0 fully saturated rings. The maximum absolute atomic E-state index is 10.7. The average molecular weight is 427 g/mol. The molecule has 1 aromatic carbocycles. The Morgan fingerprint density at radius 1 is 1.23 bits per heavy atom. The number of furan rings is 1. The van der Waals surface area contributed by atoms with E-state index in [0.29, 0.717) is 24.8 Å². The lowest BCUT2D eigenvalue weighted by Gasteiger charge is -2.23. The van der Waals surface area contributed by atoms with Crippen LogP contribution in [-0.4, -0.2) is 46.0 Å². The van der Waals surface area contributed by atoms with Crippen LogP contribution in [0.4, 0.5) is 0 Å². The zero-order valence-electron chi connectivity index (χ0n) is 18.4. The molecule has 1 atom stereocenters. The van der Waals surface area contributed by atoms with E-state index in [1.54, 1.807) is 32.4 Å². The Kier molecular flexibility index (Phi) is 7.30. The SMILES string of the molecule is COc1ccc(CCNC(=NCc2nnc(C)n2C)NCC(C)(O)c2ccco2)cc1. The van der Waals surface area contributed by atoms with Gasteiger partial charge in [0.05, 0.1) is 19.9 Å². The smallest absolute Gasteiger partial charge is 0.191 e. The highest BCUT2D eigenvalue weighted by Gasteiger charge is 2.26. The van der Waals surface area contributed by atoms with Crippen LogP contribution in [0, 0.1) is 6.92 Å². The largest absolute Gasteiger partial charge is 0.497 e. The molecule has 1 unspecified atom stereocenters. The number of aromatic nitrogens is 3. The lowest BCUT2D eigenvalue weighted by Crippen LogP contribution is -2.45. The molecule has 0 bridgehead atoms. The number of methoxy groups -OCH3 is 1. The van der Waals surface area contributed by atoms with Crippen molar-refractivity contribution < 1.29 is 14.3 Å². The number of aryl methyl sites for hydroxylation is 1. The molecule has 0 spiro atoms. The van der Waals surface area contributed by atoms with Crippen molar-refractivity contribution in [2.45, 2.75) is 32.4 Å². The Bertz CT molecular complexity index is 977. The minimum Gasteiger partial charge on any atom is -0.497 e. The molecule has 2 aromatic heterocycles. The Labute approximate surface area is 182 Å². The van der Waals surface area contributed by atoms with Crippen molar-refractivity contribution in [1.29, 1.82) is 0 Å². The summed E-state index contributed by atoms with van der Waals surface area (Å²) < 4.78 is 12.5. The number of nitrogens with one attached hydrogen (secondary N) is 2. The van der Waals surface area contributed by atoms with Crippen LogP contribution in [-0.2, 0) is 25.6 Å². The van der Waals surface area contributed by atoms with Gasteiger partial charge >= 0.3 is 0 Å². The fourth-order valence-corrected chi connectivity index (χ4v) is 2.96. The Balaban J connectivity index is 1.64. The van der Waals surface area contributed by atoms with E-state index in [-0.39, 0.29) is 6.54 Å². The van der Waals surface area contributed by atoms with Crippen LogP contribution < -0.4 is 15.4 Å². The molecule has 0 amide bonds. The number of benzene rings is 1. The fourth-order valence-electron chi connectivity index (χ4n) is 2.96. The minimum absolute atomic E-state index is 0.229. The zero-order chi connectivity index (χ0) is 22.3. The molecule has 0 radical (unpaired) electrons. The Morgan fingerprint density at radius 2 is 2.00 bits per heavy atom. The molecule has 0 aliphatic rings. The van der Waals surface area contributed by atoms with Gasteiger partial charge in [0.1, 0.15) is 29.5 Å². The van der Waals surface area contributed by atoms with E-state index in [4.69, 9.17) is 9.15 Å². The average Bonchev–Trinajstić information content (AvgIpc) is 3.42. The first-order valence-corrected chi connectivity index (χ1v) is 10.2. The van der Waals surface area contributed by atoms with Crippen molar-refractivity contribution in [2.75, 3.05) is 20.2 Å². The number of nitrogens with zero attached hydrogens (tertiary/aromatic N) is 4. The van der Waals surface area contributed by atoms with Crippen LogP contribution in [0.5, 0.6) is 5.75 Å². The van der Waals surface area contributed by atoms with Gasteiger partial charge in [0, 0.05) is 13.6 Å². The van der Waals surface area contributed by atoms with Crippen LogP contribution in [0.2, 0.25) is 0 Å². The summed E-state index contributed by atoms with van der Waals surface area (Å²) in [5.41, 5.74) is 0.00250. The van der Waals surface area contributed by atoms with E-state index in [2.05, 4.69) is 25.8 Å². The molecule has 0 saturated carbocycles. The normalized spacial score (nSPS) is 13.6. The predicted molar refractivity (Wildman–Crippen MR) is 118 cm³/mol. The Hall–Kier alpha value is -3.33. The van der Waals surface area contributed by atoms with Crippen LogP contribution in [0.3, 0.4) is 0 Å². The Morgan fingerprint density at radius 3 is 2.61 bits per heavy atom. The van der Waals surface area contributed by atoms with Gasteiger partial charge < -0.3 is 29.5 Å². The van der Waals surface area contributed by atoms with Crippen molar-refractivity contribution in [3.63, 3.8) is 0 Å². The van der Waals surface area contributed by atoms with Gasteiger partial charge in [-0.05, 0) is 50.1 Å². The number of guanidine groups is 1. The third-order valence-corrected chi connectivity index (χ3v) is 5.08. The van der Waals surface area contributed by atoms with Gasteiger partial charge in [0.25, 0.3) is 0 Å². The molecule has 9 nitrogen and oxygen atoms in total. The van der Waals surface area contributed by atoms with Crippen molar-refractivity contribution in [1.82, 2.24) is 25.4 Å². The van der Waals surface area contributed by atoms with Gasteiger partial charge in [0.2, 0.25) is 0 Å². The summed E-state index contributed by atoms with van der Waals surface area (Å²) >= 11 is 0. The topological polar surface area (TPSA) is 110 Å². The van der Waals surface area contributed by atoms with Crippen molar-refractivity contribution >= 4 is 5.96 Å². The number of hydrogen-bond donors (Lipinski definition) is 3. The quantitative estimate of drug-likeness (QED) is 0.354. The van der Waals surface area contributed by atoms with Gasteiger partial charge in [-0.25, -0.2) is 4.99 Å². The van der Waals surface area contributed by atoms with Crippen LogP contribution in [0.25, 0.3) is 0 Å². The highest BCUT2D eigenvalue weighted by Crippen LogP contribution is 2.19. The molecule has 0 aliphatic heterocycles. The number of aliphatic hydroxyl groups is 1. The van der Waals surface area contributed by atoms with E-state index in [9.17, 15) is 5.11 Å². The lowest BCUT2D eigenvalue weighted by atomic mass is 10.0. The summed E-state index contributed by atoms with van der Waals surface area (Å²) in [6.45, 7) is 4.84. The van der Waals surface area contributed by atoms with Crippen molar-refractivity contribution in [3.05, 3.63) is 65.6 Å². The summed E-state index contributed by atoms with van der Waals surface area (Å²) in [5.74, 6) is 3.47. The molecule has 3 aromatic rings. The van der Waals surface area contributed by atoms with Gasteiger partial charge in [-0.3, -0.25) is 0 Å². The molecule has 166 valence electrons.